The fraction of sp³-hybridized carbons (Fsp3) is 1.00. The normalized spacial score (nSPS) is 34.2. The first kappa shape index (κ1) is 11.4. The highest BCUT2D eigenvalue weighted by Crippen LogP contribution is 2.46. The fourth-order valence-electron chi connectivity index (χ4n) is 3.48. The van der Waals surface area contributed by atoms with E-state index in [0.29, 0.717) is 0 Å². The lowest BCUT2D eigenvalue weighted by atomic mass is 9.94. The van der Waals surface area contributed by atoms with Crippen LogP contribution in [-0.4, -0.2) is 44.3 Å². The summed E-state index contributed by atoms with van der Waals surface area (Å²) < 4.78 is 5.18. The van der Waals surface area contributed by atoms with E-state index in [1.54, 1.807) is 7.11 Å². The van der Waals surface area contributed by atoms with Gasteiger partial charge in [-0.05, 0) is 31.1 Å². The highest BCUT2D eigenvalue weighted by Gasteiger charge is 2.41. The molecule has 0 amide bonds. The van der Waals surface area contributed by atoms with Crippen LogP contribution in [0, 0.1) is 11.8 Å². The zero-order chi connectivity index (χ0) is 10.7. The molecule has 0 radical (unpaired) electrons. The lowest BCUT2D eigenvalue weighted by Crippen LogP contribution is -2.43. The summed E-state index contributed by atoms with van der Waals surface area (Å²) in [6, 6.07) is 0.808. The van der Waals surface area contributed by atoms with Crippen molar-refractivity contribution in [1.82, 2.24) is 4.90 Å². The average Bonchev–Trinajstić information content (AvgIpc) is 2.85. The number of rotatable bonds is 6. The summed E-state index contributed by atoms with van der Waals surface area (Å²) in [4.78, 5) is 2.56. The van der Waals surface area contributed by atoms with E-state index in [-0.39, 0.29) is 0 Å². The van der Waals surface area contributed by atoms with Gasteiger partial charge >= 0.3 is 0 Å². The second-order valence-electron chi connectivity index (χ2n) is 5.06. The topological polar surface area (TPSA) is 38.5 Å². The Balaban J connectivity index is 1.86. The van der Waals surface area contributed by atoms with Crippen molar-refractivity contribution in [2.45, 2.75) is 31.7 Å². The number of hydrogen-bond acceptors (Lipinski definition) is 3. The van der Waals surface area contributed by atoms with Crippen molar-refractivity contribution in [1.29, 1.82) is 0 Å². The van der Waals surface area contributed by atoms with E-state index in [4.69, 9.17) is 10.5 Å². The van der Waals surface area contributed by atoms with E-state index in [9.17, 15) is 0 Å². The number of methoxy groups -OCH3 is 1. The number of ether oxygens (including phenoxy) is 1. The van der Waals surface area contributed by atoms with Crippen LogP contribution in [0.3, 0.4) is 0 Å². The van der Waals surface area contributed by atoms with Gasteiger partial charge in [0.25, 0.3) is 0 Å². The first-order valence-electron chi connectivity index (χ1n) is 6.28. The minimum atomic E-state index is 0.775. The van der Waals surface area contributed by atoms with Crippen molar-refractivity contribution in [3.05, 3.63) is 0 Å². The van der Waals surface area contributed by atoms with E-state index in [1.165, 1.54) is 25.7 Å². The minimum absolute atomic E-state index is 0.775. The van der Waals surface area contributed by atoms with Crippen LogP contribution in [-0.2, 0) is 4.74 Å². The standard InChI is InChI=1S/C12H24N2O/c1-15-7-6-14(5-4-13)12-9-10-2-3-11(12)8-10/h10-12H,2-9,13H2,1H3. The first-order chi connectivity index (χ1) is 7.35. The molecule has 15 heavy (non-hydrogen) atoms. The lowest BCUT2D eigenvalue weighted by Gasteiger charge is -2.34. The number of nitrogens with zero attached hydrogens (tertiary/aromatic N) is 1. The smallest absolute Gasteiger partial charge is 0.0589 e. The molecule has 2 rings (SSSR count). The Morgan fingerprint density at radius 3 is 2.67 bits per heavy atom. The molecule has 3 unspecified atom stereocenters. The van der Waals surface area contributed by atoms with E-state index in [2.05, 4.69) is 4.90 Å². The van der Waals surface area contributed by atoms with Gasteiger partial charge in [0, 0.05) is 32.8 Å². The van der Waals surface area contributed by atoms with Crippen LogP contribution >= 0.6 is 0 Å². The molecule has 2 fully saturated rings. The Kier molecular flexibility index (Phi) is 4.00. The SMILES string of the molecule is COCCN(CCN)C1CC2CCC1C2. The Morgan fingerprint density at radius 2 is 2.13 bits per heavy atom. The number of hydrogen-bond donors (Lipinski definition) is 1. The van der Waals surface area contributed by atoms with Crippen molar-refractivity contribution in [3.8, 4) is 0 Å². The molecule has 0 spiro atoms. The molecule has 3 nitrogen and oxygen atoms in total. The molecule has 0 heterocycles. The van der Waals surface area contributed by atoms with Crippen molar-refractivity contribution in [2.24, 2.45) is 17.6 Å². The predicted molar refractivity (Wildman–Crippen MR) is 61.7 cm³/mol. The molecule has 2 aliphatic rings. The second kappa shape index (κ2) is 5.28. The molecule has 2 bridgehead atoms. The molecule has 0 aromatic heterocycles. The highest BCUT2D eigenvalue weighted by atomic mass is 16.5. The van der Waals surface area contributed by atoms with Crippen LogP contribution in [0.2, 0.25) is 0 Å². The third-order valence-corrected chi connectivity index (χ3v) is 4.17. The Labute approximate surface area is 93.0 Å². The summed E-state index contributed by atoms with van der Waals surface area (Å²) >= 11 is 0. The monoisotopic (exact) mass is 212 g/mol. The zero-order valence-corrected chi connectivity index (χ0v) is 9.82. The maximum Gasteiger partial charge on any atom is 0.0589 e. The van der Waals surface area contributed by atoms with Crippen LogP contribution in [0.5, 0.6) is 0 Å². The summed E-state index contributed by atoms with van der Waals surface area (Å²) in [5.41, 5.74) is 5.68. The lowest BCUT2D eigenvalue weighted by molar-refractivity contribution is 0.0969. The first-order valence-corrected chi connectivity index (χ1v) is 6.28. The zero-order valence-electron chi connectivity index (χ0n) is 9.82. The molecular weight excluding hydrogens is 188 g/mol. The van der Waals surface area contributed by atoms with Crippen LogP contribution in [0.4, 0.5) is 0 Å². The number of nitrogens with two attached hydrogens (primary N) is 1. The molecule has 88 valence electrons. The van der Waals surface area contributed by atoms with Crippen molar-refractivity contribution in [2.75, 3.05) is 33.4 Å². The fourth-order valence-corrected chi connectivity index (χ4v) is 3.48. The molecule has 0 aromatic carbocycles. The summed E-state index contributed by atoms with van der Waals surface area (Å²) in [5, 5.41) is 0. The number of fused-ring (bicyclic) bond motifs is 2. The van der Waals surface area contributed by atoms with Gasteiger partial charge in [0.15, 0.2) is 0 Å². The highest BCUT2D eigenvalue weighted by molar-refractivity contribution is 4.95. The summed E-state index contributed by atoms with van der Waals surface area (Å²) in [6.07, 6.45) is 5.80. The molecule has 0 aliphatic heterocycles. The molecule has 0 saturated heterocycles. The molecule has 0 aromatic rings. The van der Waals surface area contributed by atoms with Gasteiger partial charge in [0.05, 0.1) is 6.61 Å². The van der Waals surface area contributed by atoms with E-state index < -0.39 is 0 Å². The maximum atomic E-state index is 5.68. The average molecular weight is 212 g/mol. The maximum absolute atomic E-state index is 5.68. The summed E-state index contributed by atoms with van der Waals surface area (Å²) in [6.45, 7) is 3.71. The molecule has 2 aliphatic carbocycles. The largest absolute Gasteiger partial charge is 0.383 e. The predicted octanol–water partition coefficient (Wildman–Crippen LogP) is 1.08. The van der Waals surface area contributed by atoms with Crippen LogP contribution < -0.4 is 5.73 Å². The summed E-state index contributed by atoms with van der Waals surface area (Å²) in [7, 11) is 1.78. The van der Waals surface area contributed by atoms with Crippen LogP contribution in [0.15, 0.2) is 0 Å². The van der Waals surface area contributed by atoms with Gasteiger partial charge in [-0.1, -0.05) is 6.42 Å². The summed E-state index contributed by atoms with van der Waals surface area (Å²) in [5.74, 6) is 1.97. The molecule has 3 atom stereocenters. The van der Waals surface area contributed by atoms with Gasteiger partial charge in [-0.2, -0.15) is 0 Å². The van der Waals surface area contributed by atoms with Crippen molar-refractivity contribution in [3.63, 3.8) is 0 Å². The van der Waals surface area contributed by atoms with E-state index >= 15 is 0 Å². The Hall–Kier alpha value is -0.120. The van der Waals surface area contributed by atoms with E-state index in [1.807, 2.05) is 0 Å². The Morgan fingerprint density at radius 1 is 1.27 bits per heavy atom. The van der Waals surface area contributed by atoms with Gasteiger partial charge in [-0.25, -0.2) is 0 Å². The van der Waals surface area contributed by atoms with Crippen LogP contribution in [0.1, 0.15) is 25.7 Å². The molecule has 2 N–H and O–H groups in total. The third-order valence-electron chi connectivity index (χ3n) is 4.17. The van der Waals surface area contributed by atoms with E-state index in [0.717, 1.165) is 44.1 Å². The second-order valence-corrected chi connectivity index (χ2v) is 5.06. The van der Waals surface area contributed by atoms with Crippen molar-refractivity contribution < 1.29 is 4.74 Å². The van der Waals surface area contributed by atoms with Crippen LogP contribution in [0.25, 0.3) is 0 Å². The van der Waals surface area contributed by atoms with Gasteiger partial charge in [0.1, 0.15) is 0 Å². The molecule has 3 heteroatoms. The molecular formula is C12H24N2O. The minimum Gasteiger partial charge on any atom is -0.383 e. The van der Waals surface area contributed by atoms with Crippen molar-refractivity contribution >= 4 is 0 Å². The van der Waals surface area contributed by atoms with Gasteiger partial charge in [-0.15, -0.1) is 0 Å². The van der Waals surface area contributed by atoms with Gasteiger partial charge in [-0.3, -0.25) is 4.90 Å². The third kappa shape index (κ3) is 2.52. The quantitative estimate of drug-likeness (QED) is 0.716. The van der Waals surface area contributed by atoms with Gasteiger partial charge in [0.2, 0.25) is 0 Å². The van der Waals surface area contributed by atoms with Gasteiger partial charge < -0.3 is 10.5 Å². The molecule has 2 saturated carbocycles. The Bertz CT molecular complexity index is 198.